The van der Waals surface area contributed by atoms with Gasteiger partial charge in [0.15, 0.2) is 23.0 Å². The molecule has 0 heterocycles. The Morgan fingerprint density at radius 3 is 0.932 bits per heavy atom. The van der Waals surface area contributed by atoms with Crippen LogP contribution >= 0.6 is 0 Å². The molecule has 0 radical (unpaired) electrons. The van der Waals surface area contributed by atoms with Crippen molar-refractivity contribution >= 4 is 0 Å². The second kappa shape index (κ2) is 15.1. The van der Waals surface area contributed by atoms with E-state index in [9.17, 15) is 0 Å². The number of benzene rings is 4. The second-order valence-corrected chi connectivity index (χ2v) is 10.1. The molecule has 0 unspecified atom stereocenters. The van der Waals surface area contributed by atoms with Crippen molar-refractivity contribution in [1.29, 1.82) is 0 Å². The fourth-order valence-corrected chi connectivity index (χ4v) is 5.38. The quantitative estimate of drug-likeness (QED) is 0.144. The lowest BCUT2D eigenvalue weighted by atomic mass is 9.96. The summed E-state index contributed by atoms with van der Waals surface area (Å²) in [5, 5.41) is 0. The van der Waals surface area contributed by atoms with Gasteiger partial charge in [-0.1, -0.05) is 24.3 Å². The summed E-state index contributed by atoms with van der Waals surface area (Å²) in [5.41, 5.74) is 6.48. The van der Waals surface area contributed by atoms with E-state index in [2.05, 4.69) is 36.4 Å². The van der Waals surface area contributed by atoms with Gasteiger partial charge in [-0.25, -0.2) is 0 Å². The lowest BCUT2D eigenvalue weighted by molar-refractivity contribution is 0.323. The average Bonchev–Trinajstić information content (AvgIpc) is 3.08. The molecule has 0 saturated heterocycles. The van der Waals surface area contributed by atoms with Crippen LogP contribution in [0.3, 0.4) is 0 Å². The van der Waals surface area contributed by atoms with Crippen molar-refractivity contribution in [1.82, 2.24) is 0 Å². The molecule has 4 aromatic carbocycles. The van der Waals surface area contributed by atoms with Crippen LogP contribution in [0.1, 0.15) is 22.3 Å². The maximum atomic E-state index is 5.81. The first kappa shape index (κ1) is 32.2. The molecule has 0 aliphatic carbocycles. The van der Waals surface area contributed by atoms with Crippen LogP contribution in [0.5, 0.6) is 46.0 Å². The van der Waals surface area contributed by atoms with Gasteiger partial charge < -0.3 is 37.9 Å². The zero-order chi connectivity index (χ0) is 31.6. The molecule has 4 aromatic rings. The normalized spacial score (nSPS) is 10.6. The highest BCUT2D eigenvalue weighted by Gasteiger charge is 2.16. The predicted molar refractivity (Wildman–Crippen MR) is 172 cm³/mol. The fourth-order valence-electron chi connectivity index (χ4n) is 5.38. The maximum absolute atomic E-state index is 5.81. The van der Waals surface area contributed by atoms with E-state index < -0.39 is 0 Å². The number of hydrogen-bond donors (Lipinski definition) is 0. The van der Waals surface area contributed by atoms with Crippen molar-refractivity contribution in [2.24, 2.45) is 0 Å². The van der Waals surface area contributed by atoms with Gasteiger partial charge in [-0.05, 0) is 95.5 Å². The first-order valence-corrected chi connectivity index (χ1v) is 14.3. The Morgan fingerprint density at radius 1 is 0.341 bits per heavy atom. The Hall–Kier alpha value is -4.72. The molecule has 234 valence electrons. The first-order chi connectivity index (χ1) is 21.4. The van der Waals surface area contributed by atoms with Crippen LogP contribution in [0, 0.1) is 0 Å². The van der Waals surface area contributed by atoms with Crippen LogP contribution in [-0.2, 0) is 25.7 Å². The van der Waals surface area contributed by atoms with Gasteiger partial charge in [0.05, 0.1) is 56.9 Å². The molecule has 0 spiro atoms. The van der Waals surface area contributed by atoms with Crippen molar-refractivity contribution in [3.63, 3.8) is 0 Å². The SMILES string of the molecule is COc1cc(-c2ccc(CCc3cc(OC)c(OC)c(OC)c3)c(OC)c2)ccc1CCc1cc(OC)c(OC)c(OC)c1. The Bertz CT molecular complexity index is 1400. The molecule has 0 fully saturated rings. The third-order valence-electron chi connectivity index (χ3n) is 7.72. The van der Waals surface area contributed by atoms with Crippen LogP contribution in [0.15, 0.2) is 60.7 Å². The number of hydrogen-bond acceptors (Lipinski definition) is 8. The fraction of sp³-hybridized carbons (Fsp3) is 0.333. The maximum Gasteiger partial charge on any atom is 0.203 e. The summed E-state index contributed by atoms with van der Waals surface area (Å²) >= 11 is 0. The Labute approximate surface area is 260 Å². The van der Waals surface area contributed by atoms with E-state index >= 15 is 0 Å². The Morgan fingerprint density at radius 2 is 0.659 bits per heavy atom. The first-order valence-electron chi connectivity index (χ1n) is 14.3. The minimum Gasteiger partial charge on any atom is -0.496 e. The summed E-state index contributed by atoms with van der Waals surface area (Å²) in [4.78, 5) is 0. The van der Waals surface area contributed by atoms with E-state index in [0.29, 0.717) is 34.5 Å². The highest BCUT2D eigenvalue weighted by atomic mass is 16.5. The summed E-state index contributed by atoms with van der Waals surface area (Å²) in [6.45, 7) is 0. The van der Waals surface area contributed by atoms with Crippen LogP contribution in [0.4, 0.5) is 0 Å². The van der Waals surface area contributed by atoms with E-state index in [1.807, 2.05) is 24.3 Å². The molecule has 0 N–H and O–H groups in total. The summed E-state index contributed by atoms with van der Waals surface area (Å²) in [6, 6.07) is 20.6. The molecule has 0 amide bonds. The minimum atomic E-state index is 0.586. The lowest BCUT2D eigenvalue weighted by Gasteiger charge is -2.16. The smallest absolute Gasteiger partial charge is 0.203 e. The molecule has 0 aliphatic rings. The van der Waals surface area contributed by atoms with Gasteiger partial charge in [0.25, 0.3) is 0 Å². The molecule has 4 rings (SSSR count). The molecule has 0 atom stereocenters. The highest BCUT2D eigenvalue weighted by Crippen LogP contribution is 2.40. The van der Waals surface area contributed by atoms with Gasteiger partial charge in [-0.3, -0.25) is 0 Å². The van der Waals surface area contributed by atoms with Gasteiger partial charge in [-0.2, -0.15) is 0 Å². The van der Waals surface area contributed by atoms with Crippen LogP contribution in [0.2, 0.25) is 0 Å². The molecular formula is C36H42O8. The highest BCUT2D eigenvalue weighted by molar-refractivity contribution is 5.68. The topological polar surface area (TPSA) is 73.8 Å². The Kier molecular flexibility index (Phi) is 11.1. The molecule has 0 aliphatic heterocycles. The van der Waals surface area contributed by atoms with Crippen LogP contribution in [0.25, 0.3) is 11.1 Å². The number of ether oxygens (including phenoxy) is 8. The van der Waals surface area contributed by atoms with Crippen molar-refractivity contribution in [3.05, 3.63) is 82.9 Å². The molecule has 44 heavy (non-hydrogen) atoms. The van der Waals surface area contributed by atoms with Gasteiger partial charge in [0.1, 0.15) is 11.5 Å². The van der Waals surface area contributed by atoms with Crippen LogP contribution < -0.4 is 37.9 Å². The van der Waals surface area contributed by atoms with Crippen LogP contribution in [-0.4, -0.2) is 56.9 Å². The van der Waals surface area contributed by atoms with Gasteiger partial charge in [0.2, 0.25) is 11.5 Å². The molecule has 0 bridgehead atoms. The average molecular weight is 603 g/mol. The molecule has 8 nitrogen and oxygen atoms in total. The zero-order valence-electron chi connectivity index (χ0n) is 26.9. The van der Waals surface area contributed by atoms with Crippen molar-refractivity contribution in [2.45, 2.75) is 25.7 Å². The number of methoxy groups -OCH3 is 8. The van der Waals surface area contributed by atoms with E-state index in [1.54, 1.807) is 56.9 Å². The van der Waals surface area contributed by atoms with Gasteiger partial charge >= 0.3 is 0 Å². The van der Waals surface area contributed by atoms with E-state index in [0.717, 1.165) is 70.6 Å². The summed E-state index contributed by atoms with van der Waals surface area (Å²) in [6.07, 6.45) is 3.12. The summed E-state index contributed by atoms with van der Waals surface area (Å²) in [5.74, 6) is 5.41. The van der Waals surface area contributed by atoms with E-state index in [1.165, 1.54) is 0 Å². The standard InChI is InChI=1S/C36H42O8/c1-37-29-21-27(15-13-25(29)11-9-23-17-31(39-3)35(43-7)32(18-23)40-4)28-16-14-26(30(22-28)38-2)12-10-24-19-33(41-5)36(44-8)34(20-24)42-6/h13-22H,9-12H2,1-8H3. The molecular weight excluding hydrogens is 560 g/mol. The van der Waals surface area contributed by atoms with Gasteiger partial charge in [0, 0.05) is 0 Å². The number of aryl methyl sites for hydroxylation is 4. The van der Waals surface area contributed by atoms with Crippen molar-refractivity contribution < 1.29 is 37.9 Å². The van der Waals surface area contributed by atoms with Gasteiger partial charge in [-0.15, -0.1) is 0 Å². The summed E-state index contributed by atoms with van der Waals surface area (Å²) in [7, 11) is 13.1. The predicted octanol–water partition coefficient (Wildman–Crippen LogP) is 6.99. The van der Waals surface area contributed by atoms with Crippen molar-refractivity contribution in [2.75, 3.05) is 56.9 Å². The summed E-state index contributed by atoms with van der Waals surface area (Å²) < 4.78 is 44.6. The largest absolute Gasteiger partial charge is 0.496 e. The zero-order valence-corrected chi connectivity index (χ0v) is 26.9. The van der Waals surface area contributed by atoms with E-state index in [4.69, 9.17) is 37.9 Å². The monoisotopic (exact) mass is 602 g/mol. The third kappa shape index (κ3) is 7.08. The van der Waals surface area contributed by atoms with E-state index in [-0.39, 0.29) is 0 Å². The second-order valence-electron chi connectivity index (χ2n) is 10.1. The minimum absolute atomic E-state index is 0.586. The molecule has 0 saturated carbocycles. The molecule has 0 aromatic heterocycles. The lowest BCUT2D eigenvalue weighted by Crippen LogP contribution is -2.00. The third-order valence-corrected chi connectivity index (χ3v) is 7.72. The van der Waals surface area contributed by atoms with Crippen molar-refractivity contribution in [3.8, 4) is 57.1 Å². The Balaban J connectivity index is 1.51. The number of rotatable bonds is 15. The molecule has 8 heteroatoms.